The van der Waals surface area contributed by atoms with Gasteiger partial charge in [0.1, 0.15) is 11.5 Å². The number of nitrogens with one attached hydrogen (secondary N) is 1. The number of carbonyl (C=O) groups is 1. The van der Waals surface area contributed by atoms with E-state index in [9.17, 15) is 4.79 Å². The number of amides is 1. The van der Waals surface area contributed by atoms with Crippen molar-refractivity contribution in [3.63, 3.8) is 0 Å². The average molecular weight is 358 g/mol. The highest BCUT2D eigenvalue weighted by Crippen LogP contribution is 2.31. The number of anilines is 1. The van der Waals surface area contributed by atoms with Gasteiger partial charge < -0.3 is 24.1 Å². The molecule has 0 aliphatic carbocycles. The van der Waals surface area contributed by atoms with E-state index in [0.717, 1.165) is 11.5 Å². The van der Waals surface area contributed by atoms with E-state index < -0.39 is 5.79 Å². The van der Waals surface area contributed by atoms with Crippen molar-refractivity contribution < 1.29 is 18.7 Å². The molecule has 2 aromatic heterocycles. The van der Waals surface area contributed by atoms with E-state index in [4.69, 9.17) is 13.9 Å². The van der Waals surface area contributed by atoms with Gasteiger partial charge in [-0.3, -0.25) is 4.79 Å². The van der Waals surface area contributed by atoms with Gasteiger partial charge in [-0.25, -0.2) is 9.97 Å². The molecule has 1 spiro atoms. The quantitative estimate of drug-likeness (QED) is 0.893. The molecule has 0 atom stereocenters. The molecular formula is C18H22N4O4. The number of ether oxygens (including phenoxy) is 2. The summed E-state index contributed by atoms with van der Waals surface area (Å²) in [5.41, 5.74) is 1.13. The van der Waals surface area contributed by atoms with Crippen LogP contribution in [0.5, 0.6) is 0 Å². The summed E-state index contributed by atoms with van der Waals surface area (Å²) < 4.78 is 16.7. The van der Waals surface area contributed by atoms with E-state index in [1.165, 1.54) is 0 Å². The normalized spacial score (nSPS) is 19.0. The van der Waals surface area contributed by atoms with Gasteiger partial charge in [0.15, 0.2) is 5.79 Å². The Morgan fingerprint density at radius 3 is 2.73 bits per heavy atom. The van der Waals surface area contributed by atoms with Crippen molar-refractivity contribution in [2.75, 3.05) is 31.6 Å². The van der Waals surface area contributed by atoms with Crippen LogP contribution in [0, 0.1) is 6.92 Å². The number of rotatable bonds is 4. The topological polar surface area (TPSA) is 89.7 Å². The van der Waals surface area contributed by atoms with E-state index >= 15 is 0 Å². The summed E-state index contributed by atoms with van der Waals surface area (Å²) in [6.07, 6.45) is 2.99. The van der Waals surface area contributed by atoms with Crippen LogP contribution in [0.15, 0.2) is 28.9 Å². The summed E-state index contributed by atoms with van der Waals surface area (Å²) in [6.45, 7) is 4.76. The number of carbonyl (C=O) groups excluding carboxylic acids is 1. The Balaban J connectivity index is 1.42. The predicted molar refractivity (Wildman–Crippen MR) is 92.6 cm³/mol. The zero-order chi connectivity index (χ0) is 18.0. The Morgan fingerprint density at radius 1 is 1.27 bits per heavy atom. The van der Waals surface area contributed by atoms with Crippen molar-refractivity contribution in [1.82, 2.24) is 14.9 Å². The maximum Gasteiger partial charge on any atom is 0.272 e. The fourth-order valence-electron chi connectivity index (χ4n) is 3.33. The molecule has 26 heavy (non-hydrogen) atoms. The lowest BCUT2D eigenvalue weighted by Crippen LogP contribution is -2.47. The summed E-state index contributed by atoms with van der Waals surface area (Å²) in [5, 5.41) is 3.10. The molecular weight excluding hydrogens is 336 g/mol. The molecule has 0 unspecified atom stereocenters. The molecule has 2 fully saturated rings. The van der Waals surface area contributed by atoms with Gasteiger partial charge in [-0.1, -0.05) is 0 Å². The summed E-state index contributed by atoms with van der Waals surface area (Å²) in [5.74, 6) is 0.611. The van der Waals surface area contributed by atoms with Crippen molar-refractivity contribution in [3.8, 4) is 0 Å². The van der Waals surface area contributed by atoms with E-state index in [1.54, 1.807) is 17.2 Å². The lowest BCUT2D eigenvalue weighted by molar-refractivity contribution is -0.181. The number of hydrogen-bond acceptors (Lipinski definition) is 7. The first kappa shape index (κ1) is 17.0. The highest BCUT2D eigenvalue weighted by molar-refractivity contribution is 5.92. The second-order valence-corrected chi connectivity index (χ2v) is 6.55. The maximum atomic E-state index is 12.8. The van der Waals surface area contributed by atoms with Crippen LogP contribution in [-0.2, 0) is 16.0 Å². The minimum atomic E-state index is -0.492. The van der Waals surface area contributed by atoms with Crippen molar-refractivity contribution >= 4 is 11.9 Å². The molecule has 2 aliphatic rings. The standard InChI is InChI=1S/C18H22N4O4/c1-13-11-15(21-17(20-13)19-12-14-3-2-8-24-14)16(23)22-6-4-18(5-7-22)25-9-10-26-18/h2-3,8,11H,4-7,9-10,12H2,1H3,(H,19,20,21). The summed E-state index contributed by atoms with van der Waals surface area (Å²) >= 11 is 0. The Bertz CT molecular complexity index is 762. The fourth-order valence-corrected chi connectivity index (χ4v) is 3.33. The summed E-state index contributed by atoms with van der Waals surface area (Å²) in [7, 11) is 0. The van der Waals surface area contributed by atoms with Crippen LogP contribution in [0.4, 0.5) is 5.95 Å². The van der Waals surface area contributed by atoms with Crippen LogP contribution in [-0.4, -0.2) is 52.9 Å². The van der Waals surface area contributed by atoms with Crippen LogP contribution in [0.3, 0.4) is 0 Å². The van der Waals surface area contributed by atoms with Crippen LogP contribution < -0.4 is 5.32 Å². The molecule has 2 saturated heterocycles. The maximum absolute atomic E-state index is 12.8. The van der Waals surface area contributed by atoms with Gasteiger partial charge in [0.2, 0.25) is 5.95 Å². The molecule has 2 aromatic rings. The number of nitrogens with zero attached hydrogens (tertiary/aromatic N) is 3. The van der Waals surface area contributed by atoms with Crippen LogP contribution in [0.1, 0.15) is 34.8 Å². The Morgan fingerprint density at radius 2 is 2.04 bits per heavy atom. The molecule has 8 nitrogen and oxygen atoms in total. The van der Waals surface area contributed by atoms with Gasteiger partial charge in [-0.15, -0.1) is 0 Å². The molecule has 0 radical (unpaired) electrons. The number of likely N-dealkylation sites (tertiary alicyclic amines) is 1. The second kappa shape index (κ2) is 7.05. The van der Waals surface area contributed by atoms with Crippen molar-refractivity contribution in [3.05, 3.63) is 41.6 Å². The predicted octanol–water partition coefficient (Wildman–Crippen LogP) is 1.97. The third kappa shape index (κ3) is 3.56. The zero-order valence-corrected chi connectivity index (χ0v) is 14.7. The molecule has 2 aliphatic heterocycles. The SMILES string of the molecule is Cc1cc(C(=O)N2CCC3(CC2)OCCO3)nc(NCc2ccco2)n1. The van der Waals surface area contributed by atoms with Gasteiger partial charge in [-0.05, 0) is 25.1 Å². The minimum absolute atomic E-state index is 0.0932. The first-order valence-electron chi connectivity index (χ1n) is 8.83. The number of aromatic nitrogens is 2. The highest BCUT2D eigenvalue weighted by Gasteiger charge is 2.41. The minimum Gasteiger partial charge on any atom is -0.467 e. The molecule has 0 saturated carbocycles. The third-order valence-electron chi connectivity index (χ3n) is 4.70. The van der Waals surface area contributed by atoms with E-state index in [-0.39, 0.29) is 5.91 Å². The van der Waals surface area contributed by atoms with Crippen molar-refractivity contribution in [2.24, 2.45) is 0 Å². The van der Waals surface area contributed by atoms with E-state index in [1.807, 2.05) is 19.1 Å². The van der Waals surface area contributed by atoms with Gasteiger partial charge in [0, 0.05) is 31.6 Å². The van der Waals surface area contributed by atoms with Crippen molar-refractivity contribution in [2.45, 2.75) is 32.1 Å². The second-order valence-electron chi connectivity index (χ2n) is 6.55. The molecule has 0 bridgehead atoms. The Labute approximate surface area is 151 Å². The average Bonchev–Trinajstić information content (AvgIpc) is 3.32. The lowest BCUT2D eigenvalue weighted by Gasteiger charge is -2.37. The molecule has 4 heterocycles. The Hall–Kier alpha value is -2.45. The monoisotopic (exact) mass is 358 g/mol. The van der Waals surface area contributed by atoms with Gasteiger partial charge in [-0.2, -0.15) is 0 Å². The third-order valence-corrected chi connectivity index (χ3v) is 4.70. The molecule has 4 rings (SSSR count). The van der Waals surface area contributed by atoms with Gasteiger partial charge in [0.25, 0.3) is 5.91 Å². The zero-order valence-electron chi connectivity index (χ0n) is 14.7. The van der Waals surface area contributed by atoms with E-state index in [0.29, 0.717) is 57.3 Å². The largest absolute Gasteiger partial charge is 0.467 e. The smallest absolute Gasteiger partial charge is 0.272 e. The molecule has 1 N–H and O–H groups in total. The summed E-state index contributed by atoms with van der Waals surface area (Å²) in [6, 6.07) is 5.41. The highest BCUT2D eigenvalue weighted by atomic mass is 16.7. The fraction of sp³-hybridized carbons (Fsp3) is 0.500. The van der Waals surface area contributed by atoms with E-state index in [2.05, 4.69) is 15.3 Å². The summed E-state index contributed by atoms with van der Waals surface area (Å²) in [4.78, 5) is 23.4. The number of furan rings is 1. The van der Waals surface area contributed by atoms with Crippen LogP contribution in [0.2, 0.25) is 0 Å². The lowest BCUT2D eigenvalue weighted by atomic mass is 10.0. The van der Waals surface area contributed by atoms with Crippen molar-refractivity contribution in [1.29, 1.82) is 0 Å². The number of aryl methyl sites for hydroxylation is 1. The van der Waals surface area contributed by atoms with Crippen LogP contribution >= 0.6 is 0 Å². The Kier molecular flexibility index (Phi) is 4.60. The van der Waals surface area contributed by atoms with Crippen LogP contribution in [0.25, 0.3) is 0 Å². The molecule has 0 aromatic carbocycles. The van der Waals surface area contributed by atoms with Gasteiger partial charge in [0.05, 0.1) is 26.0 Å². The molecule has 138 valence electrons. The number of piperidine rings is 1. The van der Waals surface area contributed by atoms with Gasteiger partial charge >= 0.3 is 0 Å². The molecule has 8 heteroatoms. The first-order chi connectivity index (χ1) is 12.6. The molecule has 1 amide bonds. The first-order valence-corrected chi connectivity index (χ1v) is 8.83. The number of hydrogen-bond donors (Lipinski definition) is 1.